The van der Waals surface area contributed by atoms with E-state index in [1.54, 1.807) is 19.9 Å². The van der Waals surface area contributed by atoms with Gasteiger partial charge in [0, 0.05) is 22.4 Å². The number of sulfonamides is 1. The quantitative estimate of drug-likeness (QED) is 0.844. The van der Waals surface area contributed by atoms with E-state index in [0.717, 1.165) is 9.75 Å². The van der Waals surface area contributed by atoms with Crippen LogP contribution in [0.1, 0.15) is 23.1 Å². The molecular formula is C10H17NO3S2. The van der Waals surface area contributed by atoms with E-state index in [1.807, 2.05) is 6.92 Å². The molecule has 6 heteroatoms. The first kappa shape index (κ1) is 13.6. The molecule has 1 atom stereocenters. The molecule has 16 heavy (non-hydrogen) atoms. The van der Waals surface area contributed by atoms with Crippen LogP contribution in [0.25, 0.3) is 0 Å². The van der Waals surface area contributed by atoms with Crippen LogP contribution in [0.3, 0.4) is 0 Å². The third-order valence-electron chi connectivity index (χ3n) is 2.20. The number of rotatable bonds is 5. The maximum absolute atomic E-state index is 12.0. The Labute approximate surface area is 100 Å². The average molecular weight is 263 g/mol. The maximum Gasteiger partial charge on any atom is 0.241 e. The smallest absolute Gasteiger partial charge is 0.241 e. The van der Waals surface area contributed by atoms with Crippen LogP contribution in [0, 0.1) is 13.8 Å². The molecule has 0 aliphatic rings. The summed E-state index contributed by atoms with van der Waals surface area (Å²) in [7, 11) is -3.44. The summed E-state index contributed by atoms with van der Waals surface area (Å²) in [4.78, 5) is 2.12. The Kier molecular flexibility index (Phi) is 4.49. The Bertz CT molecular complexity index is 451. The third-order valence-corrected chi connectivity index (χ3v) is 5.01. The predicted molar refractivity (Wildman–Crippen MR) is 65.3 cm³/mol. The van der Waals surface area contributed by atoms with Crippen LogP contribution in [0.4, 0.5) is 0 Å². The summed E-state index contributed by atoms with van der Waals surface area (Å²) in [5.41, 5.74) is 0. The Morgan fingerprint density at radius 2 is 2.12 bits per heavy atom. The van der Waals surface area contributed by atoms with Crippen molar-refractivity contribution in [3.63, 3.8) is 0 Å². The van der Waals surface area contributed by atoms with Gasteiger partial charge in [0.15, 0.2) is 0 Å². The summed E-state index contributed by atoms with van der Waals surface area (Å²) >= 11 is 1.47. The normalized spacial score (nSPS) is 14.0. The topological polar surface area (TPSA) is 66.4 Å². The first-order valence-electron chi connectivity index (χ1n) is 5.07. The lowest BCUT2D eigenvalue weighted by Crippen LogP contribution is -2.33. The maximum atomic E-state index is 12.0. The van der Waals surface area contributed by atoms with Crippen molar-refractivity contribution in [2.75, 3.05) is 6.61 Å². The number of aliphatic hydroxyl groups is 1. The molecule has 1 heterocycles. The van der Waals surface area contributed by atoms with E-state index in [1.165, 1.54) is 11.3 Å². The van der Waals surface area contributed by atoms with Gasteiger partial charge in [-0.2, -0.15) is 0 Å². The molecule has 4 nitrogen and oxygen atoms in total. The molecule has 0 spiro atoms. The van der Waals surface area contributed by atoms with Crippen molar-refractivity contribution in [1.29, 1.82) is 0 Å². The van der Waals surface area contributed by atoms with E-state index in [0.29, 0.717) is 11.3 Å². The number of hydrogen-bond donors (Lipinski definition) is 2. The molecule has 1 rings (SSSR count). The fourth-order valence-corrected chi connectivity index (χ4v) is 4.29. The van der Waals surface area contributed by atoms with Gasteiger partial charge >= 0.3 is 0 Å². The van der Waals surface area contributed by atoms with E-state index in [9.17, 15) is 8.42 Å². The van der Waals surface area contributed by atoms with Crippen molar-refractivity contribution in [1.82, 2.24) is 4.72 Å². The van der Waals surface area contributed by atoms with Crippen LogP contribution in [-0.4, -0.2) is 26.2 Å². The van der Waals surface area contributed by atoms with Gasteiger partial charge in [0.25, 0.3) is 0 Å². The third kappa shape index (κ3) is 3.28. The van der Waals surface area contributed by atoms with Gasteiger partial charge in [-0.05, 0) is 33.3 Å². The molecule has 0 bridgehead atoms. The molecule has 1 unspecified atom stereocenters. The first-order chi connectivity index (χ1) is 7.36. The second-order valence-electron chi connectivity index (χ2n) is 3.81. The zero-order valence-corrected chi connectivity index (χ0v) is 11.3. The van der Waals surface area contributed by atoms with Crippen molar-refractivity contribution >= 4 is 21.4 Å². The van der Waals surface area contributed by atoms with E-state index in [-0.39, 0.29) is 12.6 Å². The number of nitrogens with one attached hydrogen (secondary N) is 1. The summed E-state index contributed by atoms with van der Waals surface area (Å²) in [5.74, 6) is 0. The first-order valence-corrected chi connectivity index (χ1v) is 7.37. The van der Waals surface area contributed by atoms with Gasteiger partial charge in [0.05, 0.1) is 4.90 Å². The van der Waals surface area contributed by atoms with E-state index >= 15 is 0 Å². The van der Waals surface area contributed by atoms with Crippen molar-refractivity contribution in [2.45, 2.75) is 38.1 Å². The Morgan fingerprint density at radius 1 is 1.50 bits per heavy atom. The lowest BCUT2D eigenvalue weighted by atomic mass is 10.3. The minimum Gasteiger partial charge on any atom is -0.396 e. The van der Waals surface area contributed by atoms with E-state index < -0.39 is 10.0 Å². The monoisotopic (exact) mass is 263 g/mol. The summed E-state index contributed by atoms with van der Waals surface area (Å²) in [6.45, 7) is 5.39. The number of aryl methyl sites for hydroxylation is 2. The van der Waals surface area contributed by atoms with E-state index in [4.69, 9.17) is 5.11 Å². The fraction of sp³-hybridized carbons (Fsp3) is 0.600. The summed E-state index contributed by atoms with van der Waals surface area (Å²) < 4.78 is 26.5. The number of thiophene rings is 1. The predicted octanol–water partition coefficient (Wildman–Crippen LogP) is 1.41. The lowest BCUT2D eigenvalue weighted by Gasteiger charge is -2.12. The Balaban J connectivity index is 2.90. The zero-order chi connectivity index (χ0) is 12.3. The van der Waals surface area contributed by atoms with Gasteiger partial charge in [0.2, 0.25) is 10.0 Å². The van der Waals surface area contributed by atoms with Gasteiger partial charge in [0.1, 0.15) is 0 Å². The highest BCUT2D eigenvalue weighted by molar-refractivity contribution is 7.89. The van der Waals surface area contributed by atoms with Crippen LogP contribution in [0.15, 0.2) is 11.0 Å². The molecule has 0 aliphatic carbocycles. The van der Waals surface area contributed by atoms with Crippen LogP contribution < -0.4 is 4.72 Å². The summed E-state index contributed by atoms with van der Waals surface area (Å²) in [6, 6.07) is 1.42. The molecule has 1 aromatic heterocycles. The fourth-order valence-electron chi connectivity index (χ4n) is 1.46. The molecule has 0 aliphatic heterocycles. The van der Waals surface area contributed by atoms with Gasteiger partial charge < -0.3 is 5.11 Å². The molecule has 0 amide bonds. The SMILES string of the molecule is Cc1cc(S(=O)(=O)NC(C)CCO)c(C)s1. The molecule has 1 aromatic rings. The van der Waals surface area contributed by atoms with Crippen molar-refractivity contribution in [3.05, 3.63) is 15.8 Å². The molecule has 0 radical (unpaired) electrons. The number of aliphatic hydroxyl groups excluding tert-OH is 1. The van der Waals surface area contributed by atoms with Crippen LogP contribution in [-0.2, 0) is 10.0 Å². The van der Waals surface area contributed by atoms with Crippen molar-refractivity contribution < 1.29 is 13.5 Å². The molecule has 0 fully saturated rings. The molecule has 0 saturated heterocycles. The lowest BCUT2D eigenvalue weighted by molar-refractivity contribution is 0.275. The highest BCUT2D eigenvalue weighted by atomic mass is 32.2. The molecule has 0 aromatic carbocycles. The van der Waals surface area contributed by atoms with Crippen molar-refractivity contribution in [3.8, 4) is 0 Å². The van der Waals surface area contributed by atoms with E-state index in [2.05, 4.69) is 4.72 Å². The molecule has 0 saturated carbocycles. The van der Waals surface area contributed by atoms with Gasteiger partial charge in [-0.3, -0.25) is 0 Å². The highest BCUT2D eigenvalue weighted by Crippen LogP contribution is 2.24. The molecule has 2 N–H and O–H groups in total. The minimum atomic E-state index is -3.44. The summed E-state index contributed by atoms with van der Waals surface area (Å²) in [6.07, 6.45) is 0.418. The molecule has 92 valence electrons. The van der Waals surface area contributed by atoms with Crippen molar-refractivity contribution in [2.24, 2.45) is 0 Å². The second kappa shape index (κ2) is 5.27. The largest absolute Gasteiger partial charge is 0.396 e. The van der Waals surface area contributed by atoms with Gasteiger partial charge in [-0.1, -0.05) is 0 Å². The van der Waals surface area contributed by atoms with Crippen LogP contribution in [0.2, 0.25) is 0 Å². The summed E-state index contributed by atoms with van der Waals surface area (Å²) in [5, 5.41) is 8.73. The average Bonchev–Trinajstić information content (AvgIpc) is 2.45. The Hall–Kier alpha value is -0.430. The highest BCUT2D eigenvalue weighted by Gasteiger charge is 2.20. The number of hydrogen-bond acceptors (Lipinski definition) is 4. The second-order valence-corrected chi connectivity index (χ2v) is 6.95. The van der Waals surface area contributed by atoms with Gasteiger partial charge in [-0.25, -0.2) is 13.1 Å². The minimum absolute atomic E-state index is 0.0225. The Morgan fingerprint density at radius 3 is 2.56 bits per heavy atom. The van der Waals surface area contributed by atoms with Crippen LogP contribution in [0.5, 0.6) is 0 Å². The van der Waals surface area contributed by atoms with Gasteiger partial charge in [-0.15, -0.1) is 11.3 Å². The van der Waals surface area contributed by atoms with Crippen LogP contribution >= 0.6 is 11.3 Å². The zero-order valence-electron chi connectivity index (χ0n) is 9.65. The molecular weight excluding hydrogens is 246 g/mol. The standard InChI is InChI=1S/C10H17NO3S2/c1-7(4-5-12)11-16(13,14)10-6-8(2)15-9(10)3/h6-7,11-12H,4-5H2,1-3H3.